The standard InChI is InChI=1S/C18H21N5O2S/c1-10-5-6-11(2)15(9-10)20-17(24)13(4)26-18-22-21-16(23(18)19)14-7-8-25-12(14)3/h5-9,13H,19H2,1-4H3,(H,20,24). The van der Waals surface area contributed by atoms with E-state index in [0.29, 0.717) is 16.7 Å². The molecular formula is C18H21N5O2S. The minimum Gasteiger partial charge on any atom is -0.469 e. The topological polar surface area (TPSA) is 99.0 Å². The van der Waals surface area contributed by atoms with Crippen molar-refractivity contribution in [3.8, 4) is 11.4 Å². The molecule has 2 aromatic heterocycles. The first kappa shape index (κ1) is 18.1. The van der Waals surface area contributed by atoms with Gasteiger partial charge in [-0.25, -0.2) is 4.68 Å². The van der Waals surface area contributed by atoms with Crippen molar-refractivity contribution in [2.75, 3.05) is 11.2 Å². The number of anilines is 1. The van der Waals surface area contributed by atoms with Crippen molar-refractivity contribution in [2.24, 2.45) is 0 Å². The Morgan fingerprint density at radius 3 is 2.73 bits per heavy atom. The van der Waals surface area contributed by atoms with E-state index in [1.54, 1.807) is 12.3 Å². The Morgan fingerprint density at radius 1 is 1.27 bits per heavy atom. The molecule has 3 N–H and O–H groups in total. The van der Waals surface area contributed by atoms with Gasteiger partial charge < -0.3 is 15.6 Å². The van der Waals surface area contributed by atoms with Gasteiger partial charge in [-0.3, -0.25) is 4.79 Å². The molecule has 8 heteroatoms. The van der Waals surface area contributed by atoms with Crippen LogP contribution in [0.2, 0.25) is 0 Å². The number of hydrogen-bond donors (Lipinski definition) is 2. The van der Waals surface area contributed by atoms with Crippen LogP contribution in [-0.2, 0) is 4.79 Å². The van der Waals surface area contributed by atoms with Crippen LogP contribution in [-0.4, -0.2) is 26.0 Å². The zero-order chi connectivity index (χ0) is 18.8. The highest BCUT2D eigenvalue weighted by atomic mass is 32.2. The van der Waals surface area contributed by atoms with E-state index < -0.39 is 0 Å². The van der Waals surface area contributed by atoms with Gasteiger partial charge in [-0.05, 0) is 51.0 Å². The van der Waals surface area contributed by atoms with Crippen molar-refractivity contribution in [1.82, 2.24) is 14.9 Å². The van der Waals surface area contributed by atoms with Crippen LogP contribution in [0, 0.1) is 20.8 Å². The predicted molar refractivity (Wildman–Crippen MR) is 102 cm³/mol. The molecule has 1 unspecified atom stereocenters. The Hall–Kier alpha value is -2.74. The van der Waals surface area contributed by atoms with Crippen LogP contribution in [0.5, 0.6) is 0 Å². The minimum absolute atomic E-state index is 0.118. The number of aryl methyl sites for hydroxylation is 3. The highest BCUT2D eigenvalue weighted by molar-refractivity contribution is 8.00. The summed E-state index contributed by atoms with van der Waals surface area (Å²) in [4.78, 5) is 12.5. The van der Waals surface area contributed by atoms with Crippen LogP contribution in [0.1, 0.15) is 23.8 Å². The molecular weight excluding hydrogens is 350 g/mol. The average molecular weight is 371 g/mol. The van der Waals surface area contributed by atoms with E-state index >= 15 is 0 Å². The number of aromatic nitrogens is 3. The summed E-state index contributed by atoms with van der Waals surface area (Å²) < 4.78 is 6.66. The van der Waals surface area contributed by atoms with E-state index in [1.165, 1.54) is 16.4 Å². The van der Waals surface area contributed by atoms with Crippen molar-refractivity contribution in [3.63, 3.8) is 0 Å². The number of benzene rings is 1. The maximum Gasteiger partial charge on any atom is 0.237 e. The molecule has 0 fully saturated rings. The summed E-state index contributed by atoms with van der Waals surface area (Å²) in [7, 11) is 0. The summed E-state index contributed by atoms with van der Waals surface area (Å²) in [5.41, 5.74) is 3.69. The number of nitrogens with two attached hydrogens (primary N) is 1. The molecule has 0 saturated heterocycles. The van der Waals surface area contributed by atoms with Gasteiger partial charge in [0.25, 0.3) is 0 Å². The SMILES string of the molecule is Cc1ccc(C)c(NC(=O)C(C)Sc2nnc(-c3ccoc3C)n2N)c1. The van der Waals surface area contributed by atoms with Gasteiger partial charge in [0.2, 0.25) is 11.1 Å². The fraction of sp³-hybridized carbons (Fsp3) is 0.278. The number of carbonyl (C=O) groups excluding carboxylic acids is 1. The molecule has 26 heavy (non-hydrogen) atoms. The number of amides is 1. The van der Waals surface area contributed by atoms with Gasteiger partial charge >= 0.3 is 0 Å². The van der Waals surface area contributed by atoms with E-state index in [4.69, 9.17) is 10.3 Å². The molecule has 0 bridgehead atoms. The van der Waals surface area contributed by atoms with Crippen LogP contribution < -0.4 is 11.2 Å². The number of thioether (sulfide) groups is 1. The highest BCUT2D eigenvalue weighted by Crippen LogP contribution is 2.27. The van der Waals surface area contributed by atoms with Gasteiger partial charge in [0.1, 0.15) is 5.76 Å². The molecule has 0 saturated carbocycles. The van der Waals surface area contributed by atoms with Gasteiger partial charge in [0.05, 0.1) is 17.1 Å². The number of furan rings is 1. The third kappa shape index (κ3) is 3.60. The lowest BCUT2D eigenvalue weighted by molar-refractivity contribution is -0.115. The average Bonchev–Trinajstić information content (AvgIpc) is 3.17. The molecule has 136 valence electrons. The number of nitrogens with zero attached hydrogens (tertiary/aromatic N) is 3. The summed E-state index contributed by atoms with van der Waals surface area (Å²) in [5.74, 6) is 7.20. The van der Waals surface area contributed by atoms with Crippen molar-refractivity contribution in [2.45, 2.75) is 38.1 Å². The van der Waals surface area contributed by atoms with E-state index in [-0.39, 0.29) is 11.2 Å². The predicted octanol–water partition coefficient (Wildman–Crippen LogP) is 3.30. The first-order chi connectivity index (χ1) is 12.4. The normalized spacial score (nSPS) is 12.2. The second-order valence-corrected chi connectivity index (χ2v) is 7.44. The Morgan fingerprint density at radius 2 is 2.04 bits per heavy atom. The third-order valence-electron chi connectivity index (χ3n) is 4.07. The van der Waals surface area contributed by atoms with Crippen LogP contribution in [0.15, 0.2) is 40.1 Å². The van der Waals surface area contributed by atoms with Crippen molar-refractivity contribution < 1.29 is 9.21 Å². The summed E-state index contributed by atoms with van der Waals surface area (Å²) in [6.07, 6.45) is 1.58. The van der Waals surface area contributed by atoms with Gasteiger partial charge in [-0.2, -0.15) is 0 Å². The molecule has 0 aliphatic rings. The lowest BCUT2D eigenvalue weighted by Crippen LogP contribution is -2.24. The Balaban J connectivity index is 1.73. The molecule has 7 nitrogen and oxygen atoms in total. The third-order valence-corrected chi connectivity index (χ3v) is 5.12. The van der Waals surface area contributed by atoms with Crippen molar-refractivity contribution in [3.05, 3.63) is 47.4 Å². The fourth-order valence-electron chi connectivity index (χ4n) is 2.47. The number of nitrogen functional groups attached to an aromatic ring is 1. The van der Waals surface area contributed by atoms with E-state index in [0.717, 1.165) is 22.4 Å². The lowest BCUT2D eigenvalue weighted by Gasteiger charge is -2.13. The molecule has 3 rings (SSSR count). The lowest BCUT2D eigenvalue weighted by atomic mass is 10.1. The largest absolute Gasteiger partial charge is 0.469 e. The molecule has 1 amide bonds. The number of carbonyl (C=O) groups is 1. The maximum absolute atomic E-state index is 12.5. The zero-order valence-electron chi connectivity index (χ0n) is 15.1. The van der Waals surface area contributed by atoms with Crippen molar-refractivity contribution in [1.29, 1.82) is 0 Å². The van der Waals surface area contributed by atoms with Gasteiger partial charge in [0.15, 0.2) is 5.82 Å². The number of rotatable bonds is 5. The van der Waals surface area contributed by atoms with Crippen molar-refractivity contribution >= 4 is 23.4 Å². The molecule has 0 radical (unpaired) electrons. The summed E-state index contributed by atoms with van der Waals surface area (Å²) in [6, 6.07) is 7.74. The van der Waals surface area contributed by atoms with Crippen LogP contribution in [0.25, 0.3) is 11.4 Å². The molecule has 0 spiro atoms. The Bertz CT molecular complexity index is 947. The quantitative estimate of drug-likeness (QED) is 0.527. The molecule has 0 aliphatic carbocycles. The monoisotopic (exact) mass is 371 g/mol. The van der Waals surface area contributed by atoms with E-state index in [2.05, 4.69) is 15.5 Å². The fourth-order valence-corrected chi connectivity index (χ4v) is 3.24. The second kappa shape index (κ2) is 7.25. The van der Waals surface area contributed by atoms with E-state index in [1.807, 2.05) is 45.9 Å². The first-order valence-electron chi connectivity index (χ1n) is 8.16. The molecule has 2 heterocycles. The summed E-state index contributed by atoms with van der Waals surface area (Å²) in [5, 5.41) is 11.3. The Kier molecular flexibility index (Phi) is 5.03. The van der Waals surface area contributed by atoms with Crippen LogP contribution in [0.4, 0.5) is 5.69 Å². The smallest absolute Gasteiger partial charge is 0.237 e. The van der Waals surface area contributed by atoms with E-state index in [9.17, 15) is 4.79 Å². The molecule has 1 atom stereocenters. The minimum atomic E-state index is -0.389. The Labute approximate surface area is 156 Å². The van der Waals surface area contributed by atoms with Gasteiger partial charge in [-0.1, -0.05) is 23.9 Å². The first-order valence-corrected chi connectivity index (χ1v) is 9.04. The van der Waals surface area contributed by atoms with Gasteiger partial charge in [0, 0.05) is 5.69 Å². The summed E-state index contributed by atoms with van der Waals surface area (Å²) >= 11 is 1.25. The van der Waals surface area contributed by atoms with Gasteiger partial charge in [-0.15, -0.1) is 10.2 Å². The molecule has 0 aliphatic heterocycles. The van der Waals surface area contributed by atoms with Crippen LogP contribution >= 0.6 is 11.8 Å². The van der Waals surface area contributed by atoms with Crippen LogP contribution in [0.3, 0.4) is 0 Å². The summed E-state index contributed by atoms with van der Waals surface area (Å²) in [6.45, 7) is 7.59. The zero-order valence-corrected chi connectivity index (χ0v) is 15.9. The number of hydrogen-bond acceptors (Lipinski definition) is 6. The highest BCUT2D eigenvalue weighted by Gasteiger charge is 2.21. The second-order valence-electron chi connectivity index (χ2n) is 6.13. The molecule has 3 aromatic rings. The molecule has 1 aromatic carbocycles. The number of nitrogens with one attached hydrogen (secondary N) is 1. The maximum atomic E-state index is 12.5.